The second-order valence-corrected chi connectivity index (χ2v) is 4.70. The van der Waals surface area contributed by atoms with Gasteiger partial charge in [-0.1, -0.05) is 12.1 Å². The van der Waals surface area contributed by atoms with Crippen LogP contribution in [0.4, 0.5) is 0 Å². The number of ether oxygens (including phenoxy) is 2. The lowest BCUT2D eigenvalue weighted by Crippen LogP contribution is -2.33. The third-order valence-electron chi connectivity index (χ3n) is 3.02. The first-order chi connectivity index (χ1) is 10.3. The molecule has 5 nitrogen and oxygen atoms in total. The number of hydrogen-bond donors (Lipinski definition) is 2. The van der Waals surface area contributed by atoms with Gasteiger partial charge in [-0.25, -0.2) is 0 Å². The highest BCUT2D eigenvalue weighted by atomic mass is 16.5. The van der Waals surface area contributed by atoms with Crippen LogP contribution in [0.25, 0.3) is 0 Å². The Morgan fingerprint density at radius 3 is 2.95 bits per heavy atom. The fraction of sp³-hybridized carbons (Fsp3) is 0.562. The van der Waals surface area contributed by atoms with E-state index in [2.05, 4.69) is 22.4 Å². The Bertz CT molecular complexity index is 422. The first kappa shape index (κ1) is 17.3. The maximum absolute atomic E-state index is 5.79. The minimum Gasteiger partial charge on any atom is -0.497 e. The molecule has 0 atom stereocenters. The normalized spacial score (nSPS) is 11.4. The van der Waals surface area contributed by atoms with Gasteiger partial charge < -0.3 is 20.5 Å². The van der Waals surface area contributed by atoms with Crippen molar-refractivity contribution >= 4 is 5.96 Å². The second-order valence-electron chi connectivity index (χ2n) is 4.70. The van der Waals surface area contributed by atoms with Crippen molar-refractivity contribution in [1.29, 1.82) is 0 Å². The number of aliphatic imine (C=N–C) groups is 1. The average molecular weight is 293 g/mol. The molecule has 0 saturated heterocycles. The van der Waals surface area contributed by atoms with Crippen LogP contribution in [-0.2, 0) is 11.2 Å². The van der Waals surface area contributed by atoms with Gasteiger partial charge in [-0.15, -0.1) is 0 Å². The Morgan fingerprint density at radius 1 is 1.33 bits per heavy atom. The van der Waals surface area contributed by atoms with Crippen LogP contribution in [-0.4, -0.2) is 39.4 Å². The number of nitrogens with one attached hydrogen (secondary N) is 1. The van der Waals surface area contributed by atoms with Crippen molar-refractivity contribution in [2.75, 3.05) is 33.4 Å². The summed E-state index contributed by atoms with van der Waals surface area (Å²) in [6.45, 7) is 5.03. The van der Waals surface area contributed by atoms with Gasteiger partial charge in [0.25, 0.3) is 0 Å². The fourth-order valence-electron chi connectivity index (χ4n) is 1.90. The van der Waals surface area contributed by atoms with Crippen LogP contribution in [0.3, 0.4) is 0 Å². The van der Waals surface area contributed by atoms with Crippen molar-refractivity contribution in [3.8, 4) is 5.75 Å². The highest BCUT2D eigenvalue weighted by molar-refractivity contribution is 5.77. The topological polar surface area (TPSA) is 68.9 Å². The van der Waals surface area contributed by atoms with Crippen LogP contribution in [0.5, 0.6) is 5.75 Å². The molecule has 0 fully saturated rings. The lowest BCUT2D eigenvalue weighted by molar-refractivity contribution is 0.145. The molecule has 0 aliphatic heterocycles. The molecule has 0 heterocycles. The monoisotopic (exact) mass is 293 g/mol. The van der Waals surface area contributed by atoms with Gasteiger partial charge in [0, 0.05) is 26.3 Å². The van der Waals surface area contributed by atoms with E-state index < -0.39 is 0 Å². The summed E-state index contributed by atoms with van der Waals surface area (Å²) in [5, 5.41) is 3.09. The quantitative estimate of drug-likeness (QED) is 0.393. The zero-order valence-electron chi connectivity index (χ0n) is 13.1. The molecule has 5 heteroatoms. The lowest BCUT2D eigenvalue weighted by Gasteiger charge is -2.06. The van der Waals surface area contributed by atoms with Gasteiger partial charge in [0.1, 0.15) is 5.75 Å². The Balaban J connectivity index is 2.15. The number of rotatable bonds is 10. The summed E-state index contributed by atoms with van der Waals surface area (Å²) in [6.07, 6.45) is 2.88. The molecule has 3 N–H and O–H groups in total. The van der Waals surface area contributed by atoms with E-state index in [0.29, 0.717) is 5.96 Å². The summed E-state index contributed by atoms with van der Waals surface area (Å²) in [4.78, 5) is 4.31. The average Bonchev–Trinajstić information content (AvgIpc) is 2.51. The van der Waals surface area contributed by atoms with Gasteiger partial charge in [0.05, 0.1) is 7.11 Å². The van der Waals surface area contributed by atoms with Crippen molar-refractivity contribution in [3.05, 3.63) is 29.8 Å². The molecule has 0 aliphatic rings. The molecule has 1 rings (SSSR count). The van der Waals surface area contributed by atoms with Gasteiger partial charge in [-0.3, -0.25) is 4.99 Å². The minimum absolute atomic E-state index is 0.511. The van der Waals surface area contributed by atoms with Gasteiger partial charge in [0.2, 0.25) is 0 Å². The molecule has 118 valence electrons. The number of methoxy groups -OCH3 is 1. The fourth-order valence-corrected chi connectivity index (χ4v) is 1.90. The summed E-state index contributed by atoms with van der Waals surface area (Å²) < 4.78 is 10.5. The van der Waals surface area contributed by atoms with Gasteiger partial charge in [-0.2, -0.15) is 0 Å². The summed E-state index contributed by atoms with van der Waals surface area (Å²) in [5.74, 6) is 1.41. The van der Waals surface area contributed by atoms with Crippen LogP contribution in [0.15, 0.2) is 29.3 Å². The summed E-state index contributed by atoms with van der Waals surface area (Å²) in [6, 6.07) is 8.11. The van der Waals surface area contributed by atoms with Crippen molar-refractivity contribution in [2.24, 2.45) is 10.7 Å². The first-order valence-electron chi connectivity index (χ1n) is 7.50. The Hall–Kier alpha value is -1.75. The first-order valence-corrected chi connectivity index (χ1v) is 7.50. The van der Waals surface area contributed by atoms with E-state index in [1.807, 2.05) is 19.1 Å². The summed E-state index contributed by atoms with van der Waals surface area (Å²) >= 11 is 0. The SMILES string of the molecule is CCOCCCNC(N)=NCCCc1cccc(OC)c1. The molecule has 0 saturated carbocycles. The molecule has 1 aromatic rings. The summed E-state index contributed by atoms with van der Waals surface area (Å²) in [7, 11) is 1.68. The molecule has 0 aliphatic carbocycles. The summed E-state index contributed by atoms with van der Waals surface area (Å²) in [5.41, 5.74) is 7.05. The number of nitrogens with two attached hydrogens (primary N) is 1. The number of hydrogen-bond acceptors (Lipinski definition) is 3. The zero-order chi connectivity index (χ0) is 15.3. The molecular formula is C16H27N3O2. The molecule has 21 heavy (non-hydrogen) atoms. The molecule has 0 bridgehead atoms. The molecular weight excluding hydrogens is 266 g/mol. The van der Waals surface area contributed by atoms with Crippen LogP contribution in [0, 0.1) is 0 Å². The zero-order valence-corrected chi connectivity index (χ0v) is 13.1. The number of nitrogens with zero attached hydrogens (tertiary/aromatic N) is 1. The van der Waals surface area contributed by atoms with Crippen LogP contribution in [0.2, 0.25) is 0 Å². The van der Waals surface area contributed by atoms with Gasteiger partial charge in [-0.05, 0) is 43.9 Å². The van der Waals surface area contributed by atoms with Gasteiger partial charge in [0.15, 0.2) is 5.96 Å². The van der Waals surface area contributed by atoms with Crippen LogP contribution in [0.1, 0.15) is 25.3 Å². The lowest BCUT2D eigenvalue weighted by atomic mass is 10.1. The Labute approximate surface area is 127 Å². The van der Waals surface area contributed by atoms with Crippen molar-refractivity contribution in [1.82, 2.24) is 5.32 Å². The molecule has 0 spiro atoms. The van der Waals surface area contributed by atoms with E-state index in [9.17, 15) is 0 Å². The molecule has 0 amide bonds. The van der Waals surface area contributed by atoms with Crippen LogP contribution >= 0.6 is 0 Å². The van der Waals surface area contributed by atoms with E-state index in [-0.39, 0.29) is 0 Å². The van der Waals surface area contributed by atoms with Crippen molar-refractivity contribution in [2.45, 2.75) is 26.2 Å². The molecule has 0 radical (unpaired) electrons. The predicted octanol–water partition coefficient (Wildman–Crippen LogP) is 1.96. The maximum atomic E-state index is 5.79. The van der Waals surface area contributed by atoms with E-state index in [0.717, 1.165) is 51.3 Å². The maximum Gasteiger partial charge on any atom is 0.188 e. The molecule has 0 unspecified atom stereocenters. The van der Waals surface area contributed by atoms with E-state index in [4.69, 9.17) is 15.2 Å². The largest absolute Gasteiger partial charge is 0.497 e. The number of guanidine groups is 1. The van der Waals surface area contributed by atoms with E-state index in [1.165, 1.54) is 5.56 Å². The number of aryl methyl sites for hydroxylation is 1. The van der Waals surface area contributed by atoms with Crippen molar-refractivity contribution in [3.63, 3.8) is 0 Å². The standard InChI is InChI=1S/C16H27N3O2/c1-3-21-12-6-11-19-16(17)18-10-5-8-14-7-4-9-15(13-14)20-2/h4,7,9,13H,3,5-6,8,10-12H2,1-2H3,(H3,17,18,19). The molecule has 0 aromatic heterocycles. The Morgan fingerprint density at radius 2 is 2.19 bits per heavy atom. The number of benzene rings is 1. The predicted molar refractivity (Wildman–Crippen MR) is 86.9 cm³/mol. The molecule has 1 aromatic carbocycles. The second kappa shape index (κ2) is 11.0. The minimum atomic E-state index is 0.511. The van der Waals surface area contributed by atoms with Crippen molar-refractivity contribution < 1.29 is 9.47 Å². The highest BCUT2D eigenvalue weighted by Crippen LogP contribution is 2.13. The third-order valence-corrected chi connectivity index (χ3v) is 3.02. The van der Waals surface area contributed by atoms with Gasteiger partial charge >= 0.3 is 0 Å². The van der Waals surface area contributed by atoms with E-state index in [1.54, 1.807) is 7.11 Å². The van der Waals surface area contributed by atoms with E-state index >= 15 is 0 Å². The smallest absolute Gasteiger partial charge is 0.188 e. The Kier molecular flexibility index (Phi) is 9.04. The van der Waals surface area contributed by atoms with Crippen LogP contribution < -0.4 is 15.8 Å². The third kappa shape index (κ3) is 8.19. The highest BCUT2D eigenvalue weighted by Gasteiger charge is 1.96.